The first-order chi connectivity index (χ1) is 14.4. The van der Waals surface area contributed by atoms with Crippen molar-refractivity contribution in [3.05, 3.63) is 35.5 Å². The highest BCUT2D eigenvalue weighted by Crippen LogP contribution is 2.48. The van der Waals surface area contributed by atoms with Gasteiger partial charge in [-0.3, -0.25) is 4.79 Å². The van der Waals surface area contributed by atoms with E-state index < -0.39 is 29.7 Å². The Kier molecular flexibility index (Phi) is 8.25. The van der Waals surface area contributed by atoms with Crippen LogP contribution >= 0.6 is 0 Å². The average molecular weight is 436 g/mol. The normalized spacial score (nSPS) is 33.3. The van der Waals surface area contributed by atoms with Gasteiger partial charge in [-0.1, -0.05) is 44.1 Å². The molecule has 2 rings (SSSR count). The van der Waals surface area contributed by atoms with E-state index in [0.717, 1.165) is 29.7 Å². The molecule has 7 heteroatoms. The first kappa shape index (κ1) is 25.3. The van der Waals surface area contributed by atoms with Crippen LogP contribution in [0.1, 0.15) is 53.9 Å². The molecule has 1 amide bonds. The monoisotopic (exact) mass is 435 g/mol. The molecule has 174 valence electrons. The molecule has 0 spiro atoms. The lowest BCUT2D eigenvalue weighted by molar-refractivity contribution is -0.143. The summed E-state index contributed by atoms with van der Waals surface area (Å²) < 4.78 is 0. The van der Waals surface area contributed by atoms with Gasteiger partial charge in [-0.05, 0) is 51.0 Å². The number of aliphatic carboxylic acids is 1. The van der Waals surface area contributed by atoms with E-state index in [1.807, 2.05) is 26.0 Å². The quantitative estimate of drug-likeness (QED) is 0.279. The van der Waals surface area contributed by atoms with Gasteiger partial charge in [-0.15, -0.1) is 0 Å². The maximum atomic E-state index is 12.9. The van der Waals surface area contributed by atoms with Crippen molar-refractivity contribution in [3.8, 4) is 0 Å². The summed E-state index contributed by atoms with van der Waals surface area (Å²) in [5.74, 6) is -1.73. The molecule has 0 bridgehead atoms. The Labute approximate surface area is 184 Å². The summed E-state index contributed by atoms with van der Waals surface area (Å²) in [6.07, 6.45) is 4.78. The molecule has 0 radical (unpaired) electrons. The zero-order valence-electron chi connectivity index (χ0n) is 19.1. The molecule has 2 aliphatic rings. The predicted molar refractivity (Wildman–Crippen MR) is 118 cm³/mol. The molecule has 1 heterocycles. The van der Waals surface area contributed by atoms with Crippen LogP contribution in [0.4, 0.5) is 0 Å². The highest BCUT2D eigenvalue weighted by Gasteiger charge is 2.60. The zero-order chi connectivity index (χ0) is 23.5. The Morgan fingerprint density at radius 3 is 2.55 bits per heavy atom. The first-order valence-electron chi connectivity index (χ1n) is 11.0. The van der Waals surface area contributed by atoms with Crippen LogP contribution in [0.15, 0.2) is 35.5 Å². The SMILES string of the molecule is CC1=CC(/C=C(\C)CCC(O)C(O)/C=C/C(=O)O)C2(O)C(=O)NC(CC(C)C)C2C1C. The van der Waals surface area contributed by atoms with Gasteiger partial charge in [0, 0.05) is 24.0 Å². The van der Waals surface area contributed by atoms with Gasteiger partial charge in [0.15, 0.2) is 5.60 Å². The summed E-state index contributed by atoms with van der Waals surface area (Å²) in [6, 6.07) is -0.0784. The van der Waals surface area contributed by atoms with Crippen LogP contribution in [0.2, 0.25) is 0 Å². The van der Waals surface area contributed by atoms with Crippen molar-refractivity contribution in [2.75, 3.05) is 0 Å². The molecule has 7 atom stereocenters. The molecule has 0 aromatic carbocycles. The molecule has 7 nitrogen and oxygen atoms in total. The van der Waals surface area contributed by atoms with E-state index >= 15 is 0 Å². The van der Waals surface area contributed by atoms with Gasteiger partial charge in [0.05, 0.1) is 12.2 Å². The number of carboxylic acid groups (broad SMARTS) is 1. The highest BCUT2D eigenvalue weighted by molar-refractivity contribution is 5.90. The smallest absolute Gasteiger partial charge is 0.328 e. The predicted octanol–water partition coefficient (Wildman–Crippen LogP) is 2.18. The summed E-state index contributed by atoms with van der Waals surface area (Å²) in [7, 11) is 0. The lowest BCUT2D eigenvalue weighted by atomic mass is 9.63. The molecule has 1 aliphatic carbocycles. The molecular formula is C24H37NO6. The molecule has 31 heavy (non-hydrogen) atoms. The second-order valence-electron chi connectivity index (χ2n) is 9.59. The third kappa shape index (κ3) is 5.64. The Balaban J connectivity index is 2.18. The van der Waals surface area contributed by atoms with Crippen LogP contribution in [-0.4, -0.2) is 56.2 Å². The van der Waals surface area contributed by atoms with Gasteiger partial charge >= 0.3 is 5.97 Å². The second kappa shape index (κ2) is 10.1. The van der Waals surface area contributed by atoms with E-state index in [0.29, 0.717) is 12.3 Å². The second-order valence-corrected chi connectivity index (χ2v) is 9.59. The fraction of sp³-hybridized carbons (Fsp3) is 0.667. The number of allylic oxidation sites excluding steroid dienone is 2. The third-order valence-electron chi connectivity index (χ3n) is 6.68. The summed E-state index contributed by atoms with van der Waals surface area (Å²) >= 11 is 0. The average Bonchev–Trinajstić information content (AvgIpc) is 2.92. The van der Waals surface area contributed by atoms with Crippen LogP contribution in [0, 0.1) is 23.7 Å². The van der Waals surface area contributed by atoms with Crippen molar-refractivity contribution in [2.24, 2.45) is 23.7 Å². The Morgan fingerprint density at radius 1 is 1.32 bits per heavy atom. The largest absolute Gasteiger partial charge is 0.478 e. The van der Waals surface area contributed by atoms with Gasteiger partial charge < -0.3 is 25.7 Å². The van der Waals surface area contributed by atoms with E-state index in [1.165, 1.54) is 0 Å². The lowest BCUT2D eigenvalue weighted by Crippen LogP contribution is -2.53. The number of carbonyl (C=O) groups excluding carboxylic acids is 1. The van der Waals surface area contributed by atoms with E-state index in [2.05, 4.69) is 26.1 Å². The van der Waals surface area contributed by atoms with Crippen LogP contribution in [-0.2, 0) is 9.59 Å². The fourth-order valence-electron chi connectivity index (χ4n) is 4.91. The van der Waals surface area contributed by atoms with Gasteiger partial charge in [-0.25, -0.2) is 4.79 Å². The molecule has 0 aromatic heterocycles. The summed E-state index contributed by atoms with van der Waals surface area (Å²) in [5, 5.41) is 43.2. The molecule has 5 N–H and O–H groups in total. The van der Waals surface area contributed by atoms with Crippen LogP contribution in [0.5, 0.6) is 0 Å². The molecule has 0 aromatic rings. The molecule has 1 fully saturated rings. The van der Waals surface area contributed by atoms with Gasteiger partial charge in [0.2, 0.25) is 0 Å². The molecule has 0 saturated carbocycles. The topological polar surface area (TPSA) is 127 Å². The maximum Gasteiger partial charge on any atom is 0.328 e. The molecule has 1 aliphatic heterocycles. The van der Waals surface area contributed by atoms with Crippen molar-refractivity contribution in [1.29, 1.82) is 0 Å². The van der Waals surface area contributed by atoms with Crippen molar-refractivity contribution in [1.82, 2.24) is 5.32 Å². The molecule has 1 saturated heterocycles. The van der Waals surface area contributed by atoms with E-state index in [-0.39, 0.29) is 30.2 Å². The standard InChI is InChI=1S/C24H37NO6/c1-13(2)10-18-22-16(5)15(4)12-17(24(22,31)23(30)25-18)11-14(3)6-7-19(26)20(27)8-9-21(28)29/h8-9,11-13,16-20,22,26-27,31H,6-7,10H2,1-5H3,(H,25,30)(H,28,29)/b9-8+,14-11+. The van der Waals surface area contributed by atoms with Crippen molar-refractivity contribution in [3.63, 3.8) is 0 Å². The summed E-state index contributed by atoms with van der Waals surface area (Å²) in [5.41, 5.74) is 0.509. The number of rotatable bonds is 9. The minimum absolute atomic E-state index is 0.0784. The van der Waals surface area contributed by atoms with Crippen LogP contribution in [0.25, 0.3) is 0 Å². The Morgan fingerprint density at radius 2 is 1.97 bits per heavy atom. The van der Waals surface area contributed by atoms with Crippen molar-refractivity contribution in [2.45, 2.75) is 77.7 Å². The zero-order valence-corrected chi connectivity index (χ0v) is 19.1. The van der Waals surface area contributed by atoms with Crippen LogP contribution < -0.4 is 5.32 Å². The van der Waals surface area contributed by atoms with Gasteiger partial charge in [0.25, 0.3) is 5.91 Å². The van der Waals surface area contributed by atoms with Crippen molar-refractivity contribution >= 4 is 11.9 Å². The van der Waals surface area contributed by atoms with E-state index in [1.54, 1.807) is 0 Å². The number of hydrogen-bond acceptors (Lipinski definition) is 5. The number of aliphatic hydroxyl groups excluding tert-OH is 2. The van der Waals surface area contributed by atoms with Crippen LogP contribution in [0.3, 0.4) is 0 Å². The molecule has 7 unspecified atom stereocenters. The first-order valence-corrected chi connectivity index (χ1v) is 11.0. The maximum absolute atomic E-state index is 12.9. The van der Waals surface area contributed by atoms with Gasteiger partial charge in [-0.2, -0.15) is 0 Å². The minimum Gasteiger partial charge on any atom is -0.478 e. The molecular weight excluding hydrogens is 398 g/mol. The Hall–Kier alpha value is -1.96. The number of carbonyl (C=O) groups is 2. The van der Waals surface area contributed by atoms with E-state index in [9.17, 15) is 24.9 Å². The number of nitrogens with one attached hydrogen (secondary N) is 1. The fourth-order valence-corrected chi connectivity index (χ4v) is 4.91. The van der Waals surface area contributed by atoms with Crippen molar-refractivity contribution < 1.29 is 30.0 Å². The summed E-state index contributed by atoms with van der Waals surface area (Å²) in [4.78, 5) is 23.4. The number of hydrogen-bond donors (Lipinski definition) is 5. The Bertz CT molecular complexity index is 770. The lowest BCUT2D eigenvalue weighted by Gasteiger charge is -2.42. The number of aliphatic hydroxyl groups is 3. The van der Waals surface area contributed by atoms with E-state index in [4.69, 9.17) is 5.11 Å². The number of carboxylic acids is 1. The summed E-state index contributed by atoms with van der Waals surface area (Å²) in [6.45, 7) is 10.2. The van der Waals surface area contributed by atoms with Gasteiger partial charge in [0.1, 0.15) is 0 Å². The third-order valence-corrected chi connectivity index (χ3v) is 6.68. The minimum atomic E-state index is -1.51. The number of fused-ring (bicyclic) bond motifs is 1. The number of amides is 1. The highest BCUT2D eigenvalue weighted by atomic mass is 16.4.